The van der Waals surface area contributed by atoms with Gasteiger partial charge >= 0.3 is 0 Å². The molecule has 0 fully saturated rings. The van der Waals surface area contributed by atoms with Gasteiger partial charge in [-0.3, -0.25) is 4.79 Å². The topological polar surface area (TPSA) is 52.3 Å². The van der Waals surface area contributed by atoms with E-state index in [-0.39, 0.29) is 5.78 Å². The van der Waals surface area contributed by atoms with Crippen molar-refractivity contribution in [1.29, 1.82) is 0 Å². The molecule has 0 saturated carbocycles. The van der Waals surface area contributed by atoms with Crippen LogP contribution in [0.5, 0.6) is 5.75 Å². The second-order valence-electron chi connectivity index (χ2n) is 4.80. The number of ketones is 1. The van der Waals surface area contributed by atoms with Crippen molar-refractivity contribution >= 4 is 21.7 Å². The molecule has 0 radical (unpaired) electrons. The van der Waals surface area contributed by atoms with E-state index < -0.39 is 0 Å². The fourth-order valence-electron chi connectivity index (χ4n) is 2.13. The molecule has 0 saturated heterocycles. The molecule has 0 aliphatic heterocycles. The molecule has 2 aromatic rings. The maximum Gasteiger partial charge on any atom is 0.167 e. The Hall–Kier alpha value is -1.65. The quantitative estimate of drug-likeness (QED) is 0.815. The Labute approximate surface area is 133 Å². The van der Waals surface area contributed by atoms with Gasteiger partial charge in [0.15, 0.2) is 5.78 Å². The average Bonchev–Trinajstić information content (AvgIpc) is 2.48. The molecular formula is C17H18BrNO2. The maximum atomic E-state index is 12.3. The Morgan fingerprint density at radius 2 is 1.81 bits per heavy atom. The number of carbonyl (C=O) groups is 1. The normalized spacial score (nSPS) is 10.4. The summed E-state index contributed by atoms with van der Waals surface area (Å²) >= 11 is 3.43. The van der Waals surface area contributed by atoms with Gasteiger partial charge in [-0.1, -0.05) is 30.3 Å². The lowest BCUT2D eigenvalue weighted by Gasteiger charge is -2.07. The van der Waals surface area contributed by atoms with Crippen molar-refractivity contribution in [3.05, 3.63) is 63.6 Å². The van der Waals surface area contributed by atoms with Gasteiger partial charge in [-0.2, -0.15) is 0 Å². The standard InChI is InChI=1S/C17H18BrNO2/c1-21-17-7-4-13(10-15(17)18)11-16(20)14-5-2-12(3-6-14)8-9-19/h2-7,10H,8-9,11,19H2,1H3. The van der Waals surface area contributed by atoms with Gasteiger partial charge < -0.3 is 10.5 Å². The van der Waals surface area contributed by atoms with Crippen LogP contribution in [-0.2, 0) is 12.8 Å². The van der Waals surface area contributed by atoms with Crippen molar-refractivity contribution in [2.24, 2.45) is 5.73 Å². The minimum atomic E-state index is 0.103. The number of benzene rings is 2. The highest BCUT2D eigenvalue weighted by Crippen LogP contribution is 2.26. The predicted octanol–water partition coefficient (Wildman–Crippen LogP) is 3.38. The summed E-state index contributed by atoms with van der Waals surface area (Å²) in [6.07, 6.45) is 1.21. The van der Waals surface area contributed by atoms with Crippen LogP contribution in [0.1, 0.15) is 21.5 Å². The zero-order chi connectivity index (χ0) is 15.2. The number of Topliss-reactive ketones (excluding diaryl/α,β-unsaturated/α-hetero) is 1. The van der Waals surface area contributed by atoms with Crippen molar-refractivity contribution < 1.29 is 9.53 Å². The van der Waals surface area contributed by atoms with E-state index >= 15 is 0 Å². The van der Waals surface area contributed by atoms with Crippen molar-refractivity contribution in [3.8, 4) is 5.75 Å². The van der Waals surface area contributed by atoms with Crippen LogP contribution < -0.4 is 10.5 Å². The van der Waals surface area contributed by atoms with Crippen LogP contribution in [0.15, 0.2) is 46.9 Å². The first-order valence-electron chi connectivity index (χ1n) is 6.78. The third kappa shape index (κ3) is 4.16. The summed E-state index contributed by atoms with van der Waals surface area (Å²) < 4.78 is 6.04. The zero-order valence-corrected chi connectivity index (χ0v) is 13.5. The van der Waals surface area contributed by atoms with Crippen LogP contribution in [0.2, 0.25) is 0 Å². The van der Waals surface area contributed by atoms with Crippen LogP contribution in [0.25, 0.3) is 0 Å². The molecule has 0 bridgehead atoms. The summed E-state index contributed by atoms with van der Waals surface area (Å²) in [4.78, 5) is 12.3. The molecule has 0 amide bonds. The lowest BCUT2D eigenvalue weighted by molar-refractivity contribution is 0.0993. The first kappa shape index (κ1) is 15.7. The Bertz CT molecular complexity index is 623. The number of nitrogens with two attached hydrogens (primary N) is 1. The van der Waals surface area contributed by atoms with Crippen molar-refractivity contribution in [2.45, 2.75) is 12.8 Å². The Kier molecular flexibility index (Phi) is 5.53. The smallest absolute Gasteiger partial charge is 0.167 e. The first-order chi connectivity index (χ1) is 10.1. The summed E-state index contributed by atoms with van der Waals surface area (Å²) in [7, 11) is 1.62. The fourth-order valence-corrected chi connectivity index (χ4v) is 2.72. The molecule has 4 heteroatoms. The molecule has 2 aromatic carbocycles. The van der Waals surface area contributed by atoms with Crippen LogP contribution in [0, 0.1) is 0 Å². The zero-order valence-electron chi connectivity index (χ0n) is 11.9. The summed E-state index contributed by atoms with van der Waals surface area (Å²) in [5.41, 5.74) is 8.35. The molecule has 3 nitrogen and oxygen atoms in total. The highest BCUT2D eigenvalue weighted by atomic mass is 79.9. The summed E-state index contributed by atoms with van der Waals surface area (Å²) in [6, 6.07) is 13.3. The molecule has 0 spiro atoms. The van der Waals surface area contributed by atoms with Gasteiger partial charge in [0.2, 0.25) is 0 Å². The van der Waals surface area contributed by atoms with E-state index in [1.54, 1.807) is 7.11 Å². The minimum Gasteiger partial charge on any atom is -0.496 e. The van der Waals surface area contributed by atoms with E-state index in [1.165, 1.54) is 0 Å². The highest BCUT2D eigenvalue weighted by Gasteiger charge is 2.09. The van der Waals surface area contributed by atoms with E-state index in [4.69, 9.17) is 10.5 Å². The number of ether oxygens (including phenoxy) is 1. The van der Waals surface area contributed by atoms with Gasteiger partial charge in [-0.25, -0.2) is 0 Å². The van der Waals surface area contributed by atoms with Crippen LogP contribution in [-0.4, -0.2) is 19.4 Å². The maximum absolute atomic E-state index is 12.3. The summed E-state index contributed by atoms with van der Waals surface area (Å²) in [5.74, 6) is 0.865. The number of hydrogen-bond donors (Lipinski definition) is 1. The monoisotopic (exact) mass is 347 g/mol. The molecule has 0 unspecified atom stereocenters. The van der Waals surface area contributed by atoms with Gasteiger partial charge in [0, 0.05) is 12.0 Å². The van der Waals surface area contributed by atoms with Gasteiger partial charge in [0.1, 0.15) is 5.75 Å². The van der Waals surface area contributed by atoms with Gasteiger partial charge in [0.25, 0.3) is 0 Å². The SMILES string of the molecule is COc1ccc(CC(=O)c2ccc(CCN)cc2)cc1Br. The number of rotatable bonds is 6. The molecule has 0 aliphatic carbocycles. The molecule has 110 valence electrons. The molecule has 2 rings (SSSR count). The fraction of sp³-hybridized carbons (Fsp3) is 0.235. The Balaban J connectivity index is 2.08. The molecule has 2 N–H and O–H groups in total. The third-order valence-electron chi connectivity index (χ3n) is 3.29. The molecule has 0 aromatic heterocycles. The highest BCUT2D eigenvalue weighted by molar-refractivity contribution is 9.10. The van der Waals surface area contributed by atoms with E-state index in [1.807, 2.05) is 42.5 Å². The van der Waals surface area contributed by atoms with Crippen LogP contribution in [0.4, 0.5) is 0 Å². The lowest BCUT2D eigenvalue weighted by atomic mass is 10.0. The second kappa shape index (κ2) is 7.38. The Morgan fingerprint density at radius 1 is 1.14 bits per heavy atom. The number of carbonyl (C=O) groups excluding carboxylic acids is 1. The molecular weight excluding hydrogens is 330 g/mol. The number of hydrogen-bond acceptors (Lipinski definition) is 3. The summed E-state index contributed by atoms with van der Waals surface area (Å²) in [6.45, 7) is 0.618. The summed E-state index contributed by atoms with van der Waals surface area (Å²) in [5, 5.41) is 0. The molecule has 0 atom stereocenters. The molecule has 0 heterocycles. The van der Waals surface area contributed by atoms with Gasteiger partial charge in [0.05, 0.1) is 11.6 Å². The van der Waals surface area contributed by atoms with Crippen molar-refractivity contribution in [1.82, 2.24) is 0 Å². The number of halogens is 1. The minimum absolute atomic E-state index is 0.103. The first-order valence-corrected chi connectivity index (χ1v) is 7.58. The number of methoxy groups -OCH3 is 1. The van der Waals surface area contributed by atoms with Crippen molar-refractivity contribution in [3.63, 3.8) is 0 Å². The van der Waals surface area contributed by atoms with Crippen molar-refractivity contribution in [2.75, 3.05) is 13.7 Å². The van der Waals surface area contributed by atoms with E-state index in [0.29, 0.717) is 13.0 Å². The predicted molar refractivity (Wildman–Crippen MR) is 87.9 cm³/mol. The largest absolute Gasteiger partial charge is 0.496 e. The Morgan fingerprint density at radius 3 is 2.38 bits per heavy atom. The van der Waals surface area contributed by atoms with Crippen LogP contribution in [0.3, 0.4) is 0 Å². The lowest BCUT2D eigenvalue weighted by Crippen LogP contribution is -2.05. The van der Waals surface area contributed by atoms with Gasteiger partial charge in [-0.15, -0.1) is 0 Å². The second-order valence-corrected chi connectivity index (χ2v) is 5.66. The van der Waals surface area contributed by atoms with Gasteiger partial charge in [-0.05, 0) is 52.2 Å². The third-order valence-corrected chi connectivity index (χ3v) is 3.91. The van der Waals surface area contributed by atoms with E-state index in [0.717, 1.165) is 33.3 Å². The van der Waals surface area contributed by atoms with E-state index in [9.17, 15) is 4.79 Å². The molecule has 21 heavy (non-hydrogen) atoms. The van der Waals surface area contributed by atoms with Crippen LogP contribution >= 0.6 is 15.9 Å². The average molecular weight is 348 g/mol. The van der Waals surface area contributed by atoms with E-state index in [2.05, 4.69) is 15.9 Å². The molecule has 0 aliphatic rings.